The number of nitrogens with zero attached hydrogens (tertiary/aromatic N) is 1. The number of anilines is 2. The van der Waals surface area contributed by atoms with Crippen LogP contribution in [-0.4, -0.2) is 26.0 Å². The van der Waals surface area contributed by atoms with E-state index in [4.69, 9.17) is 5.73 Å². The molecule has 3 rings (SSSR count). The Hall–Kier alpha value is -1.71. The molecular formula is C16H23N3O. The summed E-state index contributed by atoms with van der Waals surface area (Å²) in [7, 11) is 1.66. The normalized spacial score (nSPS) is 17.9. The first-order valence-electron chi connectivity index (χ1n) is 7.54. The van der Waals surface area contributed by atoms with E-state index in [0.717, 1.165) is 36.3 Å². The summed E-state index contributed by atoms with van der Waals surface area (Å²) in [5.74, 6) is 1.58. The Morgan fingerprint density at radius 3 is 2.35 bits per heavy atom. The summed E-state index contributed by atoms with van der Waals surface area (Å²) in [6.07, 6.45) is 5.32. The van der Waals surface area contributed by atoms with Gasteiger partial charge in [-0.1, -0.05) is 0 Å². The van der Waals surface area contributed by atoms with Crippen LogP contribution in [0.25, 0.3) is 0 Å². The maximum Gasteiger partial charge on any atom is 0.251 e. The molecule has 4 heteroatoms. The lowest BCUT2D eigenvalue weighted by Gasteiger charge is -2.26. The molecule has 2 aliphatic carbocycles. The third-order valence-electron chi connectivity index (χ3n) is 4.21. The minimum absolute atomic E-state index is 0.0518. The fraction of sp³-hybridized carbons (Fsp3) is 0.562. The first kappa shape index (κ1) is 13.3. The van der Waals surface area contributed by atoms with Gasteiger partial charge >= 0.3 is 0 Å². The van der Waals surface area contributed by atoms with Gasteiger partial charge in [0.2, 0.25) is 0 Å². The van der Waals surface area contributed by atoms with Gasteiger partial charge in [0, 0.05) is 25.7 Å². The third-order valence-corrected chi connectivity index (χ3v) is 4.21. The lowest BCUT2D eigenvalue weighted by molar-refractivity contribution is 0.0963. The van der Waals surface area contributed by atoms with E-state index in [1.165, 1.54) is 25.7 Å². The van der Waals surface area contributed by atoms with E-state index in [9.17, 15) is 4.79 Å². The van der Waals surface area contributed by atoms with Gasteiger partial charge in [-0.3, -0.25) is 4.79 Å². The lowest BCUT2D eigenvalue weighted by Crippen LogP contribution is -2.29. The molecule has 0 spiro atoms. The fourth-order valence-corrected chi connectivity index (χ4v) is 2.60. The highest BCUT2D eigenvalue weighted by Crippen LogP contribution is 2.37. The maximum absolute atomic E-state index is 11.8. The molecule has 1 aromatic rings. The molecule has 4 nitrogen and oxygen atoms in total. The molecule has 20 heavy (non-hydrogen) atoms. The summed E-state index contributed by atoms with van der Waals surface area (Å²) in [5, 5.41) is 2.67. The molecule has 2 fully saturated rings. The maximum atomic E-state index is 11.8. The van der Waals surface area contributed by atoms with Crippen LogP contribution in [0.15, 0.2) is 18.2 Å². The van der Waals surface area contributed by atoms with Crippen LogP contribution >= 0.6 is 0 Å². The second-order valence-electron chi connectivity index (χ2n) is 6.14. The van der Waals surface area contributed by atoms with Crippen molar-refractivity contribution < 1.29 is 4.79 Å². The van der Waals surface area contributed by atoms with Crippen molar-refractivity contribution in [2.45, 2.75) is 25.7 Å². The van der Waals surface area contributed by atoms with Crippen molar-refractivity contribution in [1.82, 2.24) is 5.32 Å². The lowest BCUT2D eigenvalue weighted by atomic mass is 10.1. The molecule has 108 valence electrons. The summed E-state index contributed by atoms with van der Waals surface area (Å²) in [5.41, 5.74) is 8.65. The van der Waals surface area contributed by atoms with Crippen molar-refractivity contribution in [3.05, 3.63) is 23.8 Å². The smallest absolute Gasteiger partial charge is 0.251 e. The average molecular weight is 273 g/mol. The van der Waals surface area contributed by atoms with Gasteiger partial charge in [0.1, 0.15) is 0 Å². The number of nitrogen functional groups attached to an aromatic ring is 1. The molecule has 2 saturated carbocycles. The number of carbonyl (C=O) groups excluding carboxylic acids is 1. The second-order valence-corrected chi connectivity index (χ2v) is 6.14. The molecular weight excluding hydrogens is 250 g/mol. The Kier molecular flexibility index (Phi) is 3.55. The molecule has 2 aliphatic rings. The molecule has 1 amide bonds. The zero-order chi connectivity index (χ0) is 14.1. The highest BCUT2D eigenvalue weighted by Gasteiger charge is 2.30. The Morgan fingerprint density at radius 1 is 1.25 bits per heavy atom. The Labute approximate surface area is 120 Å². The molecule has 0 saturated heterocycles. The molecule has 0 aliphatic heterocycles. The molecule has 0 unspecified atom stereocenters. The SMILES string of the molecule is CNC(=O)c1ccc(N)c(N(CC2CC2)CC2CC2)c1. The molecule has 0 bridgehead atoms. The van der Waals surface area contributed by atoms with Crippen LogP contribution in [0.3, 0.4) is 0 Å². The van der Waals surface area contributed by atoms with Gasteiger partial charge in [-0.15, -0.1) is 0 Å². The Balaban J connectivity index is 1.84. The molecule has 0 atom stereocenters. The van der Waals surface area contributed by atoms with Crippen molar-refractivity contribution >= 4 is 17.3 Å². The number of rotatable bonds is 6. The van der Waals surface area contributed by atoms with Crippen LogP contribution in [0.4, 0.5) is 11.4 Å². The Morgan fingerprint density at radius 2 is 1.85 bits per heavy atom. The van der Waals surface area contributed by atoms with E-state index >= 15 is 0 Å². The van der Waals surface area contributed by atoms with Gasteiger partial charge in [-0.05, 0) is 55.7 Å². The van der Waals surface area contributed by atoms with Gasteiger partial charge in [-0.25, -0.2) is 0 Å². The second kappa shape index (κ2) is 5.35. The van der Waals surface area contributed by atoms with Crippen molar-refractivity contribution in [2.75, 3.05) is 30.8 Å². The van der Waals surface area contributed by atoms with E-state index in [-0.39, 0.29) is 5.91 Å². The van der Waals surface area contributed by atoms with E-state index in [0.29, 0.717) is 5.56 Å². The van der Waals surface area contributed by atoms with E-state index in [1.807, 2.05) is 12.1 Å². The van der Waals surface area contributed by atoms with Crippen LogP contribution in [0.5, 0.6) is 0 Å². The zero-order valence-electron chi connectivity index (χ0n) is 12.1. The summed E-state index contributed by atoms with van der Waals surface area (Å²) in [4.78, 5) is 14.2. The fourth-order valence-electron chi connectivity index (χ4n) is 2.60. The van der Waals surface area contributed by atoms with Crippen molar-refractivity contribution in [1.29, 1.82) is 0 Å². The van der Waals surface area contributed by atoms with E-state index in [2.05, 4.69) is 10.2 Å². The largest absolute Gasteiger partial charge is 0.397 e. The molecule has 0 aromatic heterocycles. The number of amides is 1. The summed E-state index contributed by atoms with van der Waals surface area (Å²) in [6.45, 7) is 2.16. The van der Waals surface area contributed by atoms with Gasteiger partial charge in [0.15, 0.2) is 0 Å². The van der Waals surface area contributed by atoms with Crippen LogP contribution in [0, 0.1) is 11.8 Å². The highest BCUT2D eigenvalue weighted by atomic mass is 16.1. The Bertz CT molecular complexity index is 492. The number of benzene rings is 1. The zero-order valence-corrected chi connectivity index (χ0v) is 12.1. The van der Waals surface area contributed by atoms with Gasteiger partial charge in [0.05, 0.1) is 11.4 Å². The quantitative estimate of drug-likeness (QED) is 0.782. The third kappa shape index (κ3) is 3.06. The number of hydrogen-bond acceptors (Lipinski definition) is 3. The van der Waals surface area contributed by atoms with Gasteiger partial charge < -0.3 is 16.0 Å². The standard InChI is InChI=1S/C16H23N3O/c1-18-16(20)13-6-7-14(17)15(8-13)19(9-11-2-3-11)10-12-4-5-12/h6-8,11-12H,2-5,9-10,17H2,1H3,(H,18,20). The van der Waals surface area contributed by atoms with Crippen LogP contribution in [0.1, 0.15) is 36.0 Å². The highest BCUT2D eigenvalue weighted by molar-refractivity contribution is 5.96. The van der Waals surface area contributed by atoms with Gasteiger partial charge in [0.25, 0.3) is 5.91 Å². The summed E-state index contributed by atoms with van der Waals surface area (Å²) < 4.78 is 0. The van der Waals surface area contributed by atoms with Crippen LogP contribution < -0.4 is 16.0 Å². The summed E-state index contributed by atoms with van der Waals surface area (Å²) >= 11 is 0. The predicted molar refractivity (Wildman–Crippen MR) is 81.9 cm³/mol. The minimum atomic E-state index is -0.0518. The van der Waals surface area contributed by atoms with Crippen molar-refractivity contribution in [3.8, 4) is 0 Å². The predicted octanol–water partition coefficient (Wildman–Crippen LogP) is 2.25. The molecule has 1 aromatic carbocycles. The summed E-state index contributed by atoms with van der Waals surface area (Å²) in [6, 6.07) is 5.59. The molecule has 0 heterocycles. The van der Waals surface area contributed by atoms with Crippen molar-refractivity contribution in [2.24, 2.45) is 11.8 Å². The van der Waals surface area contributed by atoms with E-state index < -0.39 is 0 Å². The first-order valence-corrected chi connectivity index (χ1v) is 7.54. The first-order chi connectivity index (χ1) is 9.67. The molecule has 3 N–H and O–H groups in total. The van der Waals surface area contributed by atoms with Crippen LogP contribution in [-0.2, 0) is 0 Å². The average Bonchev–Trinajstić information content (AvgIpc) is 3.33. The molecule has 0 radical (unpaired) electrons. The number of nitrogens with one attached hydrogen (secondary N) is 1. The number of hydrogen-bond donors (Lipinski definition) is 2. The number of carbonyl (C=O) groups is 1. The topological polar surface area (TPSA) is 58.4 Å². The van der Waals surface area contributed by atoms with E-state index in [1.54, 1.807) is 13.1 Å². The number of nitrogens with two attached hydrogens (primary N) is 1. The minimum Gasteiger partial charge on any atom is -0.397 e. The van der Waals surface area contributed by atoms with Crippen molar-refractivity contribution in [3.63, 3.8) is 0 Å². The monoisotopic (exact) mass is 273 g/mol. The van der Waals surface area contributed by atoms with Gasteiger partial charge in [-0.2, -0.15) is 0 Å². The van der Waals surface area contributed by atoms with Crippen LogP contribution in [0.2, 0.25) is 0 Å².